The van der Waals surface area contributed by atoms with Crippen molar-refractivity contribution in [1.82, 2.24) is 14.8 Å². The summed E-state index contributed by atoms with van der Waals surface area (Å²) in [7, 11) is 0. The molecule has 0 aliphatic rings. The molecule has 0 radical (unpaired) electrons. The lowest BCUT2D eigenvalue weighted by Crippen LogP contribution is -2.22. The average molecular weight is 284 g/mol. The van der Waals surface area contributed by atoms with E-state index in [0.29, 0.717) is 0 Å². The molecule has 108 valence electrons. The molecule has 2 aromatic rings. The fourth-order valence-electron chi connectivity index (χ4n) is 1.95. The van der Waals surface area contributed by atoms with Gasteiger partial charge in [-0.1, -0.05) is 6.92 Å². The highest BCUT2D eigenvalue weighted by Crippen LogP contribution is 2.22. The maximum atomic E-state index is 12.9. The number of pyridine rings is 1. The van der Waals surface area contributed by atoms with Gasteiger partial charge in [0.25, 0.3) is 6.43 Å². The van der Waals surface area contributed by atoms with Crippen molar-refractivity contribution in [3.05, 3.63) is 42.4 Å². The van der Waals surface area contributed by atoms with E-state index in [2.05, 4.69) is 10.1 Å². The highest BCUT2D eigenvalue weighted by molar-refractivity contribution is 5.33. The molecule has 0 spiro atoms. The van der Waals surface area contributed by atoms with Crippen molar-refractivity contribution < 1.29 is 13.2 Å². The fourth-order valence-corrected chi connectivity index (χ4v) is 1.95. The Hall–Kier alpha value is -2.05. The Labute approximate surface area is 114 Å². The smallest absolute Gasteiger partial charge is 0.287 e. The van der Waals surface area contributed by atoms with E-state index in [1.807, 2.05) is 24.4 Å². The van der Waals surface area contributed by atoms with Crippen LogP contribution >= 0.6 is 0 Å². The van der Waals surface area contributed by atoms with Crippen LogP contribution < -0.4 is 5.32 Å². The average Bonchev–Trinajstić information content (AvgIpc) is 2.89. The third-order valence-corrected chi connectivity index (χ3v) is 2.91. The zero-order valence-electron chi connectivity index (χ0n) is 10.9. The van der Waals surface area contributed by atoms with Crippen molar-refractivity contribution in [2.75, 3.05) is 5.32 Å². The largest absolute Gasteiger partial charge is 0.335 e. The highest BCUT2D eigenvalue weighted by Gasteiger charge is 2.20. The van der Waals surface area contributed by atoms with E-state index in [9.17, 15) is 13.2 Å². The van der Waals surface area contributed by atoms with E-state index in [1.165, 1.54) is 6.07 Å². The second-order valence-electron chi connectivity index (χ2n) is 4.27. The van der Waals surface area contributed by atoms with E-state index >= 15 is 0 Å². The summed E-state index contributed by atoms with van der Waals surface area (Å²) in [6, 6.07) is 5.15. The number of rotatable bonds is 6. The van der Waals surface area contributed by atoms with Gasteiger partial charge in [0.2, 0.25) is 6.30 Å². The molecule has 0 saturated heterocycles. The molecule has 2 unspecified atom stereocenters. The number of anilines is 1. The molecule has 0 aliphatic heterocycles. The Morgan fingerprint density at radius 1 is 1.20 bits per heavy atom. The van der Waals surface area contributed by atoms with Gasteiger partial charge in [0, 0.05) is 24.7 Å². The molecule has 20 heavy (non-hydrogen) atoms. The molecule has 2 rings (SSSR count). The number of hydrogen-bond donors (Lipinski definition) is 1. The standard InChI is InChI=1S/C13H15F3N4/c1-2-10(9-3-6-17-7-4-9)20-8-5-11(19-20)18-13(16)12(14)15/h3-8,10,12-13H,2H2,1H3,(H,18,19). The van der Waals surface area contributed by atoms with Gasteiger partial charge in [-0.2, -0.15) is 5.10 Å². The Balaban J connectivity index is 2.14. The number of aromatic nitrogens is 3. The highest BCUT2D eigenvalue weighted by atomic mass is 19.3. The Bertz CT molecular complexity index is 529. The van der Waals surface area contributed by atoms with Crippen molar-refractivity contribution >= 4 is 5.82 Å². The second-order valence-corrected chi connectivity index (χ2v) is 4.27. The SMILES string of the molecule is CCC(c1ccncc1)n1ccc(NC(F)C(F)F)n1. The fraction of sp³-hybridized carbons (Fsp3) is 0.385. The number of hydrogen-bond acceptors (Lipinski definition) is 3. The molecular weight excluding hydrogens is 269 g/mol. The van der Waals surface area contributed by atoms with Crippen LogP contribution in [-0.4, -0.2) is 27.5 Å². The lowest BCUT2D eigenvalue weighted by Gasteiger charge is -2.16. The molecule has 1 N–H and O–H groups in total. The first-order valence-corrected chi connectivity index (χ1v) is 6.25. The van der Waals surface area contributed by atoms with Gasteiger partial charge in [-0.25, -0.2) is 13.2 Å². The first-order chi connectivity index (χ1) is 9.61. The first-order valence-electron chi connectivity index (χ1n) is 6.25. The molecule has 0 bridgehead atoms. The van der Waals surface area contributed by atoms with Gasteiger partial charge in [0.1, 0.15) is 5.82 Å². The minimum atomic E-state index is -3.08. The normalized spacial score (nSPS) is 14.2. The van der Waals surface area contributed by atoms with Crippen LogP contribution in [0.1, 0.15) is 24.9 Å². The van der Waals surface area contributed by atoms with Gasteiger partial charge >= 0.3 is 0 Å². The van der Waals surface area contributed by atoms with Gasteiger partial charge in [-0.3, -0.25) is 9.67 Å². The van der Waals surface area contributed by atoms with Crippen LogP contribution in [0.5, 0.6) is 0 Å². The van der Waals surface area contributed by atoms with Crippen LogP contribution in [0, 0.1) is 0 Å². The molecule has 2 atom stereocenters. The molecule has 0 fully saturated rings. The van der Waals surface area contributed by atoms with Gasteiger partial charge in [0.15, 0.2) is 0 Å². The number of nitrogens with zero attached hydrogens (tertiary/aromatic N) is 3. The zero-order valence-corrected chi connectivity index (χ0v) is 10.9. The predicted octanol–water partition coefficient (Wildman–Crippen LogP) is 3.25. The quantitative estimate of drug-likeness (QED) is 0.828. The lowest BCUT2D eigenvalue weighted by atomic mass is 10.1. The summed E-state index contributed by atoms with van der Waals surface area (Å²) in [6.07, 6.45) is 0.250. The van der Waals surface area contributed by atoms with E-state index in [0.717, 1.165) is 12.0 Å². The molecule has 0 aliphatic carbocycles. The Morgan fingerprint density at radius 3 is 2.50 bits per heavy atom. The van der Waals surface area contributed by atoms with Crippen LogP contribution in [0.2, 0.25) is 0 Å². The molecule has 4 nitrogen and oxygen atoms in total. The topological polar surface area (TPSA) is 42.7 Å². The number of halogens is 3. The van der Waals surface area contributed by atoms with Gasteiger partial charge in [-0.15, -0.1) is 0 Å². The minimum Gasteiger partial charge on any atom is -0.335 e. The van der Waals surface area contributed by atoms with Crippen LogP contribution in [0.4, 0.5) is 19.0 Å². The van der Waals surface area contributed by atoms with Crippen molar-refractivity contribution in [2.45, 2.75) is 32.1 Å². The molecule has 0 aromatic carbocycles. The van der Waals surface area contributed by atoms with Gasteiger partial charge in [-0.05, 0) is 24.1 Å². The maximum Gasteiger partial charge on any atom is 0.287 e. The van der Waals surface area contributed by atoms with Crippen LogP contribution in [0.25, 0.3) is 0 Å². The van der Waals surface area contributed by atoms with E-state index in [-0.39, 0.29) is 11.9 Å². The summed E-state index contributed by atoms with van der Waals surface area (Å²) < 4.78 is 38.8. The summed E-state index contributed by atoms with van der Waals surface area (Å²) >= 11 is 0. The monoisotopic (exact) mass is 284 g/mol. The number of alkyl halides is 3. The van der Waals surface area contributed by atoms with Gasteiger partial charge < -0.3 is 5.32 Å². The lowest BCUT2D eigenvalue weighted by molar-refractivity contribution is 0.0648. The summed E-state index contributed by atoms with van der Waals surface area (Å²) in [4.78, 5) is 3.94. The molecule has 2 heterocycles. The van der Waals surface area contributed by atoms with Gasteiger partial charge in [0.05, 0.1) is 6.04 Å². The molecular formula is C13H15F3N4. The molecule has 0 amide bonds. The third kappa shape index (κ3) is 3.28. The van der Waals surface area contributed by atoms with Crippen molar-refractivity contribution in [2.24, 2.45) is 0 Å². The van der Waals surface area contributed by atoms with Crippen LogP contribution in [0.3, 0.4) is 0 Å². The first kappa shape index (κ1) is 14.4. The maximum absolute atomic E-state index is 12.9. The Kier molecular flexibility index (Phi) is 4.60. The molecule has 7 heteroatoms. The van der Waals surface area contributed by atoms with E-state index < -0.39 is 12.7 Å². The summed E-state index contributed by atoms with van der Waals surface area (Å²) in [5.74, 6) is 0.0882. The van der Waals surface area contributed by atoms with Crippen LogP contribution in [0.15, 0.2) is 36.8 Å². The van der Waals surface area contributed by atoms with E-state index in [4.69, 9.17) is 0 Å². The predicted molar refractivity (Wildman–Crippen MR) is 69.4 cm³/mol. The van der Waals surface area contributed by atoms with Crippen molar-refractivity contribution in [3.8, 4) is 0 Å². The second kappa shape index (κ2) is 6.40. The number of nitrogens with one attached hydrogen (secondary N) is 1. The summed E-state index contributed by atoms with van der Waals surface area (Å²) in [5.41, 5.74) is 1.00. The minimum absolute atomic E-state index is 0.0434. The van der Waals surface area contributed by atoms with E-state index in [1.54, 1.807) is 23.3 Å². The Morgan fingerprint density at radius 2 is 1.90 bits per heavy atom. The van der Waals surface area contributed by atoms with Crippen LogP contribution in [-0.2, 0) is 0 Å². The van der Waals surface area contributed by atoms with Crippen molar-refractivity contribution in [1.29, 1.82) is 0 Å². The summed E-state index contributed by atoms with van der Waals surface area (Å²) in [5, 5.41) is 6.12. The molecule has 0 saturated carbocycles. The molecule has 2 aromatic heterocycles. The third-order valence-electron chi connectivity index (χ3n) is 2.91. The summed E-state index contributed by atoms with van der Waals surface area (Å²) in [6.45, 7) is 1.98. The zero-order chi connectivity index (χ0) is 14.5. The van der Waals surface area contributed by atoms with Crippen molar-refractivity contribution in [3.63, 3.8) is 0 Å².